The van der Waals surface area contributed by atoms with E-state index >= 15 is 0 Å². The monoisotopic (exact) mass is 257 g/mol. The highest BCUT2D eigenvalue weighted by Crippen LogP contribution is 2.22. The Balaban J connectivity index is 1.90. The zero-order valence-corrected chi connectivity index (χ0v) is 10.9. The predicted molar refractivity (Wildman–Crippen MR) is 70.3 cm³/mol. The average Bonchev–Trinajstić information content (AvgIpc) is 3.08. The van der Waals surface area contributed by atoms with Gasteiger partial charge in [0.25, 0.3) is 5.89 Å². The number of aromatic nitrogens is 5. The summed E-state index contributed by atoms with van der Waals surface area (Å²) in [6.45, 7) is 2.08. The van der Waals surface area contributed by atoms with Crippen molar-refractivity contribution in [1.29, 1.82) is 0 Å². The topological polar surface area (TPSA) is 72.5 Å². The van der Waals surface area contributed by atoms with E-state index in [4.69, 9.17) is 4.52 Å². The molecule has 0 radical (unpaired) electrons. The summed E-state index contributed by atoms with van der Waals surface area (Å²) in [6, 6.07) is 5.91. The number of aromatic amines is 1. The molecule has 3 heterocycles. The lowest BCUT2D eigenvalue weighted by atomic mass is 10.3. The molecule has 0 fully saturated rings. The number of hydrogen-bond donors (Lipinski definition) is 1. The lowest BCUT2D eigenvalue weighted by Crippen LogP contribution is -1.88. The molecule has 3 rings (SSSR count). The highest BCUT2D eigenvalue weighted by molar-refractivity contribution is 5.61. The molecule has 0 atom stereocenters. The van der Waals surface area contributed by atoms with E-state index in [1.807, 2.05) is 36.0 Å². The minimum atomic E-state index is 0.483. The van der Waals surface area contributed by atoms with Gasteiger partial charge < -0.3 is 9.09 Å². The van der Waals surface area contributed by atoms with E-state index in [-0.39, 0.29) is 0 Å². The van der Waals surface area contributed by atoms with Gasteiger partial charge in [-0.3, -0.25) is 5.10 Å². The van der Waals surface area contributed by atoms with Gasteiger partial charge in [0.15, 0.2) is 5.82 Å². The highest BCUT2D eigenvalue weighted by atomic mass is 16.5. The fourth-order valence-corrected chi connectivity index (χ4v) is 1.98. The maximum atomic E-state index is 5.23. The van der Waals surface area contributed by atoms with Crippen molar-refractivity contribution in [3.8, 4) is 23.0 Å². The van der Waals surface area contributed by atoms with Gasteiger partial charge in [0, 0.05) is 19.7 Å². The van der Waals surface area contributed by atoms with Crippen molar-refractivity contribution in [2.45, 2.75) is 19.8 Å². The Morgan fingerprint density at radius 1 is 1.42 bits per heavy atom. The molecule has 0 saturated carbocycles. The van der Waals surface area contributed by atoms with Gasteiger partial charge in [0.1, 0.15) is 11.4 Å². The molecule has 0 aliphatic carbocycles. The van der Waals surface area contributed by atoms with E-state index in [1.54, 1.807) is 0 Å². The minimum absolute atomic E-state index is 0.483. The standard InChI is InChI=1S/C13H15N5O/c1-3-5-12-14-13(19-17-12)10-8-9(15-16-10)11-6-4-7-18(11)2/h4,6-8H,3,5H2,1-2H3,(H,15,16). The van der Waals surface area contributed by atoms with Gasteiger partial charge in [-0.25, -0.2) is 0 Å². The summed E-state index contributed by atoms with van der Waals surface area (Å²) in [5.74, 6) is 1.21. The van der Waals surface area contributed by atoms with E-state index in [9.17, 15) is 0 Å². The molecule has 0 bridgehead atoms. The number of aryl methyl sites for hydroxylation is 2. The first-order valence-electron chi connectivity index (χ1n) is 6.28. The van der Waals surface area contributed by atoms with Crippen LogP contribution >= 0.6 is 0 Å². The number of nitrogens with zero attached hydrogens (tertiary/aromatic N) is 4. The Kier molecular flexibility index (Phi) is 2.91. The molecule has 0 spiro atoms. The number of hydrogen-bond acceptors (Lipinski definition) is 4. The van der Waals surface area contributed by atoms with Crippen LogP contribution in [0.25, 0.3) is 23.0 Å². The molecule has 0 unspecified atom stereocenters. The Labute approximate surface area is 110 Å². The van der Waals surface area contributed by atoms with Gasteiger partial charge in [0.2, 0.25) is 0 Å². The van der Waals surface area contributed by atoms with Crippen LogP contribution in [-0.2, 0) is 13.5 Å². The first-order chi connectivity index (χ1) is 9.28. The number of H-pyrrole nitrogens is 1. The molecule has 3 aromatic heterocycles. The summed E-state index contributed by atoms with van der Waals surface area (Å²) in [6.07, 6.45) is 3.80. The molecular weight excluding hydrogens is 242 g/mol. The average molecular weight is 257 g/mol. The molecule has 0 aliphatic heterocycles. The van der Waals surface area contributed by atoms with Crippen LogP contribution in [0, 0.1) is 0 Å². The molecular formula is C13H15N5O. The summed E-state index contributed by atoms with van der Waals surface area (Å²) in [5.41, 5.74) is 2.64. The molecule has 19 heavy (non-hydrogen) atoms. The number of nitrogens with one attached hydrogen (secondary N) is 1. The normalized spacial score (nSPS) is 11.1. The van der Waals surface area contributed by atoms with Crippen LogP contribution in [0.3, 0.4) is 0 Å². The Bertz CT molecular complexity index is 679. The molecule has 0 aromatic carbocycles. The minimum Gasteiger partial charge on any atom is -0.349 e. The predicted octanol–water partition coefficient (Wildman–Crippen LogP) is 2.42. The van der Waals surface area contributed by atoms with Crippen LogP contribution in [0.2, 0.25) is 0 Å². The quantitative estimate of drug-likeness (QED) is 0.779. The lowest BCUT2D eigenvalue weighted by molar-refractivity contribution is 0.421. The van der Waals surface area contributed by atoms with Crippen molar-refractivity contribution in [3.05, 3.63) is 30.2 Å². The molecule has 0 saturated heterocycles. The van der Waals surface area contributed by atoms with E-state index in [2.05, 4.69) is 27.3 Å². The van der Waals surface area contributed by atoms with Gasteiger partial charge in [-0.15, -0.1) is 0 Å². The van der Waals surface area contributed by atoms with Crippen molar-refractivity contribution in [3.63, 3.8) is 0 Å². The van der Waals surface area contributed by atoms with Crippen LogP contribution in [-0.4, -0.2) is 24.9 Å². The van der Waals surface area contributed by atoms with Crippen LogP contribution in [0.5, 0.6) is 0 Å². The third-order valence-corrected chi connectivity index (χ3v) is 2.96. The molecule has 6 nitrogen and oxygen atoms in total. The summed E-state index contributed by atoms with van der Waals surface area (Å²) < 4.78 is 7.24. The van der Waals surface area contributed by atoms with Gasteiger partial charge in [0.05, 0.1) is 5.69 Å². The van der Waals surface area contributed by atoms with E-state index in [0.717, 1.165) is 35.7 Å². The van der Waals surface area contributed by atoms with Crippen LogP contribution in [0.4, 0.5) is 0 Å². The third kappa shape index (κ3) is 2.16. The van der Waals surface area contributed by atoms with Gasteiger partial charge in [-0.2, -0.15) is 10.1 Å². The summed E-state index contributed by atoms with van der Waals surface area (Å²) >= 11 is 0. The smallest absolute Gasteiger partial charge is 0.275 e. The largest absolute Gasteiger partial charge is 0.349 e. The maximum Gasteiger partial charge on any atom is 0.275 e. The Hall–Kier alpha value is -2.37. The van der Waals surface area contributed by atoms with E-state index < -0.39 is 0 Å². The maximum absolute atomic E-state index is 5.23. The van der Waals surface area contributed by atoms with Crippen molar-refractivity contribution >= 4 is 0 Å². The fraction of sp³-hybridized carbons (Fsp3) is 0.308. The van der Waals surface area contributed by atoms with Crippen LogP contribution in [0.1, 0.15) is 19.2 Å². The number of rotatable bonds is 4. The first kappa shape index (κ1) is 11.7. The Morgan fingerprint density at radius 3 is 3.05 bits per heavy atom. The fourth-order valence-electron chi connectivity index (χ4n) is 1.98. The lowest BCUT2D eigenvalue weighted by Gasteiger charge is -1.96. The SMILES string of the molecule is CCCc1noc(-c2cc(-c3cccn3C)n[nH]2)n1. The van der Waals surface area contributed by atoms with Gasteiger partial charge >= 0.3 is 0 Å². The van der Waals surface area contributed by atoms with Crippen molar-refractivity contribution in [2.75, 3.05) is 0 Å². The van der Waals surface area contributed by atoms with E-state index in [1.165, 1.54) is 0 Å². The first-order valence-corrected chi connectivity index (χ1v) is 6.28. The summed E-state index contributed by atoms with van der Waals surface area (Å²) in [5, 5.41) is 11.1. The zero-order valence-electron chi connectivity index (χ0n) is 10.9. The molecule has 98 valence electrons. The molecule has 0 amide bonds. The zero-order chi connectivity index (χ0) is 13.2. The second kappa shape index (κ2) is 4.72. The van der Waals surface area contributed by atoms with Crippen molar-refractivity contribution in [2.24, 2.45) is 7.05 Å². The molecule has 6 heteroatoms. The molecule has 3 aromatic rings. The van der Waals surface area contributed by atoms with E-state index in [0.29, 0.717) is 5.89 Å². The Morgan fingerprint density at radius 2 is 2.32 bits per heavy atom. The summed E-state index contributed by atoms with van der Waals surface area (Å²) in [4.78, 5) is 4.33. The van der Waals surface area contributed by atoms with Crippen LogP contribution in [0.15, 0.2) is 28.9 Å². The van der Waals surface area contributed by atoms with Crippen molar-refractivity contribution in [1.82, 2.24) is 24.9 Å². The van der Waals surface area contributed by atoms with Gasteiger partial charge in [-0.05, 0) is 24.6 Å². The molecule has 1 N–H and O–H groups in total. The van der Waals surface area contributed by atoms with Gasteiger partial charge in [-0.1, -0.05) is 12.1 Å². The van der Waals surface area contributed by atoms with Crippen LogP contribution < -0.4 is 0 Å². The van der Waals surface area contributed by atoms with Crippen molar-refractivity contribution < 1.29 is 4.52 Å². The highest BCUT2D eigenvalue weighted by Gasteiger charge is 2.13. The molecule has 0 aliphatic rings. The second-order valence-electron chi connectivity index (χ2n) is 4.44. The second-order valence-corrected chi connectivity index (χ2v) is 4.44. The third-order valence-electron chi connectivity index (χ3n) is 2.96. The summed E-state index contributed by atoms with van der Waals surface area (Å²) in [7, 11) is 1.98.